The quantitative estimate of drug-likeness (QED) is 0.849. The van der Waals surface area contributed by atoms with Gasteiger partial charge in [0.25, 0.3) is 0 Å². The number of carboxylic acids is 1. The highest BCUT2D eigenvalue weighted by Gasteiger charge is 2.13. The van der Waals surface area contributed by atoms with Crippen molar-refractivity contribution in [3.05, 3.63) is 36.0 Å². The Hall–Kier alpha value is -2.63. The summed E-state index contributed by atoms with van der Waals surface area (Å²) in [6, 6.07) is 6.74. The summed E-state index contributed by atoms with van der Waals surface area (Å²) in [5.41, 5.74) is 1.49. The second-order valence-corrected chi connectivity index (χ2v) is 4.24. The van der Waals surface area contributed by atoms with E-state index in [9.17, 15) is 9.90 Å². The number of nitrogens with one attached hydrogen (secondary N) is 1. The van der Waals surface area contributed by atoms with Crippen molar-refractivity contribution in [3.63, 3.8) is 0 Å². The van der Waals surface area contributed by atoms with Gasteiger partial charge in [0.15, 0.2) is 0 Å². The van der Waals surface area contributed by atoms with Crippen molar-refractivity contribution in [3.8, 4) is 17.0 Å². The summed E-state index contributed by atoms with van der Waals surface area (Å²) in [7, 11) is 0. The molecule has 1 aromatic heterocycles. The SMILES string of the molecule is CCNc1nccc(-c2ccc(OCC)c(C(=O)O)c2)n1. The maximum Gasteiger partial charge on any atom is 0.339 e. The molecular formula is C15H17N3O3. The molecule has 21 heavy (non-hydrogen) atoms. The lowest BCUT2D eigenvalue weighted by atomic mass is 10.1. The molecule has 0 amide bonds. The first-order chi connectivity index (χ1) is 10.2. The molecule has 2 N–H and O–H groups in total. The summed E-state index contributed by atoms with van der Waals surface area (Å²) in [4.78, 5) is 19.8. The predicted octanol–water partition coefficient (Wildman–Crippen LogP) is 2.67. The molecule has 0 saturated carbocycles. The van der Waals surface area contributed by atoms with E-state index < -0.39 is 5.97 Å². The van der Waals surface area contributed by atoms with Crippen molar-refractivity contribution in [2.45, 2.75) is 13.8 Å². The number of nitrogens with zero attached hydrogens (tertiary/aromatic N) is 2. The van der Waals surface area contributed by atoms with Crippen LogP contribution in [-0.2, 0) is 0 Å². The van der Waals surface area contributed by atoms with E-state index in [4.69, 9.17) is 4.74 Å². The van der Waals surface area contributed by atoms with Crippen LogP contribution in [0, 0.1) is 0 Å². The van der Waals surface area contributed by atoms with Crippen LogP contribution in [0.3, 0.4) is 0 Å². The van der Waals surface area contributed by atoms with E-state index in [0.29, 0.717) is 36.1 Å². The van der Waals surface area contributed by atoms with Crippen LogP contribution < -0.4 is 10.1 Å². The molecule has 0 bridgehead atoms. The van der Waals surface area contributed by atoms with Gasteiger partial charge in [-0.3, -0.25) is 0 Å². The fourth-order valence-electron chi connectivity index (χ4n) is 1.90. The molecule has 2 rings (SSSR count). The minimum Gasteiger partial charge on any atom is -0.493 e. The number of hydrogen-bond acceptors (Lipinski definition) is 5. The van der Waals surface area contributed by atoms with E-state index in [1.54, 1.807) is 30.5 Å². The zero-order chi connectivity index (χ0) is 15.2. The number of aromatic nitrogens is 2. The number of hydrogen-bond donors (Lipinski definition) is 2. The van der Waals surface area contributed by atoms with Crippen molar-refractivity contribution in [1.82, 2.24) is 9.97 Å². The Kier molecular flexibility index (Phi) is 4.71. The number of aromatic carboxylic acids is 1. The second kappa shape index (κ2) is 6.69. The largest absolute Gasteiger partial charge is 0.493 e. The van der Waals surface area contributed by atoms with Crippen molar-refractivity contribution in [2.24, 2.45) is 0 Å². The smallest absolute Gasteiger partial charge is 0.339 e. The third kappa shape index (κ3) is 3.47. The molecule has 0 saturated heterocycles. The first-order valence-corrected chi connectivity index (χ1v) is 6.73. The Morgan fingerprint density at radius 3 is 2.81 bits per heavy atom. The fourth-order valence-corrected chi connectivity index (χ4v) is 1.90. The predicted molar refractivity (Wildman–Crippen MR) is 79.8 cm³/mol. The maximum atomic E-state index is 11.3. The summed E-state index contributed by atoms with van der Waals surface area (Å²) in [5, 5.41) is 12.3. The summed E-state index contributed by atoms with van der Waals surface area (Å²) in [5.74, 6) is -0.156. The highest BCUT2D eigenvalue weighted by atomic mass is 16.5. The molecule has 0 atom stereocenters. The first kappa shape index (κ1) is 14.8. The van der Waals surface area contributed by atoms with Gasteiger partial charge in [-0.25, -0.2) is 14.8 Å². The molecule has 6 heteroatoms. The van der Waals surface area contributed by atoms with E-state index in [1.807, 2.05) is 13.8 Å². The standard InChI is InChI=1S/C15H17N3O3/c1-3-16-15-17-8-7-12(18-15)10-5-6-13(21-4-2)11(9-10)14(19)20/h5-9H,3-4H2,1-2H3,(H,19,20)(H,16,17,18). The highest BCUT2D eigenvalue weighted by Crippen LogP contribution is 2.26. The Morgan fingerprint density at radius 1 is 1.33 bits per heavy atom. The molecule has 1 aromatic carbocycles. The van der Waals surface area contributed by atoms with Crippen LogP contribution in [-0.4, -0.2) is 34.2 Å². The number of carbonyl (C=O) groups is 1. The first-order valence-electron chi connectivity index (χ1n) is 6.73. The Bertz CT molecular complexity index is 644. The number of rotatable bonds is 6. The Labute approximate surface area is 122 Å². The number of carboxylic acid groups (broad SMARTS) is 1. The number of anilines is 1. The van der Waals surface area contributed by atoms with Crippen LogP contribution >= 0.6 is 0 Å². The summed E-state index contributed by atoms with van der Waals surface area (Å²) >= 11 is 0. The van der Waals surface area contributed by atoms with Gasteiger partial charge in [-0.1, -0.05) is 0 Å². The van der Waals surface area contributed by atoms with Crippen LogP contribution in [0.5, 0.6) is 5.75 Å². The van der Waals surface area contributed by atoms with Crippen molar-refractivity contribution in [2.75, 3.05) is 18.5 Å². The van der Waals surface area contributed by atoms with E-state index in [0.717, 1.165) is 0 Å². The van der Waals surface area contributed by atoms with Gasteiger partial charge in [0.1, 0.15) is 11.3 Å². The molecule has 1 heterocycles. The third-order valence-corrected chi connectivity index (χ3v) is 2.80. The monoisotopic (exact) mass is 287 g/mol. The molecule has 0 spiro atoms. The molecule has 110 valence electrons. The van der Waals surface area contributed by atoms with Crippen LogP contribution in [0.15, 0.2) is 30.5 Å². The van der Waals surface area contributed by atoms with Gasteiger partial charge in [0.05, 0.1) is 12.3 Å². The van der Waals surface area contributed by atoms with Crippen molar-refractivity contribution >= 4 is 11.9 Å². The molecule has 0 unspecified atom stereocenters. The summed E-state index contributed by atoms with van der Waals surface area (Å²) in [6.45, 7) is 4.90. The topological polar surface area (TPSA) is 84.3 Å². The van der Waals surface area contributed by atoms with Crippen LogP contribution in [0.4, 0.5) is 5.95 Å². The highest BCUT2D eigenvalue weighted by molar-refractivity contribution is 5.92. The molecule has 0 fully saturated rings. The van der Waals surface area contributed by atoms with E-state index >= 15 is 0 Å². The average Bonchev–Trinajstić information content (AvgIpc) is 2.48. The van der Waals surface area contributed by atoms with Gasteiger partial charge in [0, 0.05) is 18.3 Å². The molecule has 0 aliphatic heterocycles. The van der Waals surface area contributed by atoms with E-state index in [2.05, 4.69) is 15.3 Å². The third-order valence-electron chi connectivity index (χ3n) is 2.80. The Morgan fingerprint density at radius 2 is 2.14 bits per heavy atom. The maximum absolute atomic E-state index is 11.3. The van der Waals surface area contributed by atoms with Crippen LogP contribution in [0.2, 0.25) is 0 Å². The lowest BCUT2D eigenvalue weighted by molar-refractivity contribution is 0.0692. The van der Waals surface area contributed by atoms with Gasteiger partial charge in [-0.2, -0.15) is 0 Å². The fraction of sp³-hybridized carbons (Fsp3) is 0.267. The van der Waals surface area contributed by atoms with Gasteiger partial charge < -0.3 is 15.2 Å². The van der Waals surface area contributed by atoms with Gasteiger partial charge in [-0.05, 0) is 38.1 Å². The second-order valence-electron chi connectivity index (χ2n) is 4.24. The molecule has 6 nitrogen and oxygen atoms in total. The summed E-state index contributed by atoms with van der Waals surface area (Å²) < 4.78 is 5.33. The average molecular weight is 287 g/mol. The van der Waals surface area contributed by atoms with Crippen molar-refractivity contribution < 1.29 is 14.6 Å². The van der Waals surface area contributed by atoms with Crippen LogP contribution in [0.1, 0.15) is 24.2 Å². The van der Waals surface area contributed by atoms with Crippen LogP contribution in [0.25, 0.3) is 11.3 Å². The van der Waals surface area contributed by atoms with E-state index in [1.165, 1.54) is 0 Å². The lowest BCUT2D eigenvalue weighted by Crippen LogP contribution is -2.04. The molecular weight excluding hydrogens is 270 g/mol. The number of ether oxygens (including phenoxy) is 1. The van der Waals surface area contributed by atoms with Gasteiger partial charge in [0.2, 0.25) is 5.95 Å². The lowest BCUT2D eigenvalue weighted by Gasteiger charge is -2.09. The molecule has 0 radical (unpaired) electrons. The minimum absolute atomic E-state index is 0.123. The molecule has 0 aliphatic rings. The molecule has 2 aromatic rings. The Balaban J connectivity index is 2.42. The summed E-state index contributed by atoms with van der Waals surface area (Å²) in [6.07, 6.45) is 1.64. The van der Waals surface area contributed by atoms with Crippen molar-refractivity contribution in [1.29, 1.82) is 0 Å². The van der Waals surface area contributed by atoms with Gasteiger partial charge in [-0.15, -0.1) is 0 Å². The zero-order valence-electron chi connectivity index (χ0n) is 12.0. The molecule has 0 aliphatic carbocycles. The number of benzene rings is 1. The zero-order valence-corrected chi connectivity index (χ0v) is 12.0. The normalized spacial score (nSPS) is 10.2. The van der Waals surface area contributed by atoms with Gasteiger partial charge >= 0.3 is 5.97 Å². The van der Waals surface area contributed by atoms with E-state index in [-0.39, 0.29) is 5.56 Å². The minimum atomic E-state index is -1.03.